The van der Waals surface area contributed by atoms with Crippen molar-refractivity contribution in [3.8, 4) is 5.75 Å². The first kappa shape index (κ1) is 11.9. The molecule has 1 aromatic carbocycles. The van der Waals surface area contributed by atoms with E-state index in [-0.39, 0.29) is 23.4 Å². The Hall–Kier alpha value is -1.58. The smallest absolute Gasteiger partial charge is 0.304 e. The minimum atomic E-state index is -0.816. The van der Waals surface area contributed by atoms with Crippen LogP contribution in [0.5, 0.6) is 5.75 Å². The van der Waals surface area contributed by atoms with E-state index in [9.17, 15) is 9.18 Å². The van der Waals surface area contributed by atoms with Crippen LogP contribution in [0.25, 0.3) is 0 Å². The molecule has 1 saturated carbocycles. The van der Waals surface area contributed by atoms with Gasteiger partial charge in [0.1, 0.15) is 0 Å². The quantitative estimate of drug-likeness (QED) is 0.877. The van der Waals surface area contributed by atoms with Gasteiger partial charge < -0.3 is 9.84 Å². The molecule has 0 heterocycles. The number of carbonyl (C=O) groups is 1. The van der Waals surface area contributed by atoms with E-state index in [2.05, 4.69) is 0 Å². The summed E-state index contributed by atoms with van der Waals surface area (Å²) in [5.41, 5.74) is 1.06. The molecule has 0 spiro atoms. The van der Waals surface area contributed by atoms with Gasteiger partial charge in [0.2, 0.25) is 0 Å². The van der Waals surface area contributed by atoms with Crippen molar-refractivity contribution in [3.05, 3.63) is 29.1 Å². The van der Waals surface area contributed by atoms with Gasteiger partial charge in [-0.05, 0) is 37.0 Å². The van der Waals surface area contributed by atoms with Gasteiger partial charge in [-0.25, -0.2) is 4.39 Å². The summed E-state index contributed by atoms with van der Waals surface area (Å²) in [6.45, 7) is 1.66. The van der Waals surface area contributed by atoms with Crippen molar-refractivity contribution in [2.45, 2.75) is 31.6 Å². The van der Waals surface area contributed by atoms with E-state index in [1.54, 1.807) is 19.1 Å². The Balaban J connectivity index is 2.40. The second-order valence-corrected chi connectivity index (χ2v) is 4.66. The Morgan fingerprint density at radius 1 is 1.53 bits per heavy atom. The van der Waals surface area contributed by atoms with E-state index in [1.165, 1.54) is 7.11 Å². The molecule has 4 heteroatoms. The average Bonchev–Trinajstić information content (AvgIpc) is 3.01. The van der Waals surface area contributed by atoms with Crippen LogP contribution in [-0.2, 0) is 10.2 Å². The van der Waals surface area contributed by atoms with Gasteiger partial charge in [-0.2, -0.15) is 0 Å². The fourth-order valence-corrected chi connectivity index (χ4v) is 2.20. The SMILES string of the molecule is COc1cc(C2(CC(=O)O)CC2)cc(C)c1F. The monoisotopic (exact) mass is 238 g/mol. The lowest BCUT2D eigenvalue weighted by Gasteiger charge is -2.16. The Morgan fingerprint density at radius 2 is 2.18 bits per heavy atom. The number of carboxylic acid groups (broad SMARTS) is 1. The summed E-state index contributed by atoms with van der Waals surface area (Å²) in [4.78, 5) is 10.8. The third kappa shape index (κ3) is 2.12. The predicted octanol–water partition coefficient (Wildman–Crippen LogP) is 2.65. The Bertz CT molecular complexity index is 464. The summed E-state index contributed by atoms with van der Waals surface area (Å²) in [6.07, 6.45) is 1.78. The first-order valence-electron chi connectivity index (χ1n) is 5.55. The van der Waals surface area contributed by atoms with Gasteiger partial charge in [0, 0.05) is 5.41 Å². The highest BCUT2D eigenvalue weighted by molar-refractivity contribution is 5.70. The molecular weight excluding hydrogens is 223 g/mol. The van der Waals surface area contributed by atoms with Crippen LogP contribution in [-0.4, -0.2) is 18.2 Å². The van der Waals surface area contributed by atoms with Crippen LogP contribution >= 0.6 is 0 Å². The molecule has 0 saturated heterocycles. The number of hydrogen-bond acceptors (Lipinski definition) is 2. The lowest BCUT2D eigenvalue weighted by atomic mass is 9.91. The Morgan fingerprint density at radius 3 is 2.65 bits per heavy atom. The van der Waals surface area contributed by atoms with Gasteiger partial charge in [-0.1, -0.05) is 6.07 Å². The zero-order valence-electron chi connectivity index (χ0n) is 9.92. The van der Waals surface area contributed by atoms with E-state index >= 15 is 0 Å². The van der Waals surface area contributed by atoms with Crippen LogP contribution in [0, 0.1) is 12.7 Å². The standard InChI is InChI=1S/C13H15FO3/c1-8-5-9(6-10(17-2)12(8)14)13(3-4-13)7-11(15)16/h5-6H,3-4,7H2,1-2H3,(H,15,16). The number of benzene rings is 1. The molecule has 1 aromatic rings. The third-order valence-electron chi connectivity index (χ3n) is 3.40. The zero-order valence-corrected chi connectivity index (χ0v) is 9.92. The maximum absolute atomic E-state index is 13.6. The maximum atomic E-state index is 13.6. The van der Waals surface area contributed by atoms with Crippen molar-refractivity contribution in [2.24, 2.45) is 0 Å². The number of hydrogen-bond donors (Lipinski definition) is 1. The summed E-state index contributed by atoms with van der Waals surface area (Å²) in [7, 11) is 1.42. The van der Waals surface area contributed by atoms with Crippen LogP contribution in [0.3, 0.4) is 0 Å². The lowest BCUT2D eigenvalue weighted by molar-refractivity contribution is -0.137. The molecule has 1 fully saturated rings. The van der Waals surface area contributed by atoms with Crippen molar-refractivity contribution in [2.75, 3.05) is 7.11 Å². The van der Waals surface area contributed by atoms with Gasteiger partial charge in [0.15, 0.2) is 11.6 Å². The highest BCUT2D eigenvalue weighted by atomic mass is 19.1. The summed E-state index contributed by atoms with van der Waals surface area (Å²) < 4.78 is 18.6. The molecule has 17 heavy (non-hydrogen) atoms. The van der Waals surface area contributed by atoms with Crippen LogP contribution < -0.4 is 4.74 Å². The molecule has 0 aromatic heterocycles. The van der Waals surface area contributed by atoms with Gasteiger partial charge in [0.05, 0.1) is 13.5 Å². The van der Waals surface area contributed by atoms with Crippen molar-refractivity contribution in [1.29, 1.82) is 0 Å². The molecule has 1 N–H and O–H groups in total. The van der Waals surface area contributed by atoms with Crippen LogP contribution in [0.4, 0.5) is 4.39 Å². The maximum Gasteiger partial charge on any atom is 0.304 e. The van der Waals surface area contributed by atoms with Crippen molar-refractivity contribution >= 4 is 5.97 Å². The molecule has 0 bridgehead atoms. The third-order valence-corrected chi connectivity index (χ3v) is 3.40. The normalized spacial score (nSPS) is 16.6. The summed E-state index contributed by atoms with van der Waals surface area (Å²) in [6, 6.07) is 3.35. The molecular formula is C13H15FO3. The Kier molecular flexibility index (Phi) is 2.81. The minimum Gasteiger partial charge on any atom is -0.494 e. The summed E-state index contributed by atoms with van der Waals surface area (Å²) in [5, 5.41) is 8.90. The molecule has 1 aliphatic rings. The second kappa shape index (κ2) is 4.02. The van der Waals surface area contributed by atoms with Crippen molar-refractivity contribution < 1.29 is 19.0 Å². The highest BCUT2D eigenvalue weighted by Crippen LogP contribution is 2.52. The fourth-order valence-electron chi connectivity index (χ4n) is 2.20. The number of halogens is 1. The molecule has 2 rings (SSSR count). The van der Waals surface area contributed by atoms with Crippen molar-refractivity contribution in [1.82, 2.24) is 0 Å². The summed E-state index contributed by atoms with van der Waals surface area (Å²) in [5.74, 6) is -0.998. The molecule has 0 aliphatic heterocycles. The molecule has 1 aliphatic carbocycles. The molecule has 0 unspecified atom stereocenters. The first-order chi connectivity index (χ1) is 7.98. The van der Waals surface area contributed by atoms with E-state index in [4.69, 9.17) is 9.84 Å². The average molecular weight is 238 g/mol. The minimum absolute atomic E-state index is 0.0984. The molecule has 92 valence electrons. The number of aryl methyl sites for hydroxylation is 1. The Labute approximate surface area is 99.2 Å². The van der Waals surface area contributed by atoms with Crippen molar-refractivity contribution in [3.63, 3.8) is 0 Å². The van der Waals surface area contributed by atoms with Crippen LogP contribution in [0.15, 0.2) is 12.1 Å². The molecule has 0 radical (unpaired) electrons. The van der Waals surface area contributed by atoms with Crippen LogP contribution in [0.2, 0.25) is 0 Å². The van der Waals surface area contributed by atoms with E-state index in [0.29, 0.717) is 5.56 Å². The van der Waals surface area contributed by atoms with Crippen LogP contribution in [0.1, 0.15) is 30.4 Å². The zero-order chi connectivity index (χ0) is 12.6. The number of methoxy groups -OCH3 is 1. The number of ether oxygens (including phenoxy) is 1. The summed E-state index contributed by atoms with van der Waals surface area (Å²) >= 11 is 0. The highest BCUT2D eigenvalue weighted by Gasteiger charge is 2.46. The molecule has 0 atom stereocenters. The number of carboxylic acids is 1. The predicted molar refractivity (Wildman–Crippen MR) is 60.9 cm³/mol. The fraction of sp³-hybridized carbons (Fsp3) is 0.462. The first-order valence-corrected chi connectivity index (χ1v) is 5.55. The van der Waals surface area contributed by atoms with Gasteiger partial charge in [-0.3, -0.25) is 4.79 Å². The van der Waals surface area contributed by atoms with Gasteiger partial charge >= 0.3 is 5.97 Å². The van der Waals surface area contributed by atoms with Gasteiger partial charge in [-0.15, -0.1) is 0 Å². The molecule has 3 nitrogen and oxygen atoms in total. The number of aliphatic carboxylic acids is 1. The number of rotatable bonds is 4. The second-order valence-electron chi connectivity index (χ2n) is 4.66. The topological polar surface area (TPSA) is 46.5 Å². The van der Waals surface area contributed by atoms with Gasteiger partial charge in [0.25, 0.3) is 0 Å². The largest absolute Gasteiger partial charge is 0.494 e. The lowest BCUT2D eigenvalue weighted by Crippen LogP contribution is -2.13. The van der Waals surface area contributed by atoms with E-state index in [1.807, 2.05) is 0 Å². The van der Waals surface area contributed by atoms with E-state index in [0.717, 1.165) is 18.4 Å². The molecule has 0 amide bonds. The van der Waals surface area contributed by atoms with E-state index < -0.39 is 5.97 Å².